The normalized spacial score (nSPS) is 24.5. The van der Waals surface area contributed by atoms with Crippen molar-refractivity contribution in [3.8, 4) is 5.75 Å². The zero-order chi connectivity index (χ0) is 30.8. The molecule has 0 aliphatic carbocycles. The summed E-state index contributed by atoms with van der Waals surface area (Å²) in [7, 11) is 0. The topological polar surface area (TPSA) is 161 Å². The largest absolute Gasteiger partial charge is 0.462 e. The number of carbonyl (C=O) groups excluding carboxylic acids is 1. The average molecular weight is 630 g/mol. The number of aliphatic hydroxyl groups excluding tert-OH is 2. The van der Waals surface area contributed by atoms with Crippen LogP contribution in [-0.2, 0) is 30.6 Å². The Morgan fingerprint density at radius 3 is 2.50 bits per heavy atom. The number of benzene rings is 2. The van der Waals surface area contributed by atoms with Gasteiger partial charge in [0, 0.05) is 12.3 Å². The Labute approximate surface area is 243 Å². The monoisotopic (exact) mass is 629 g/mol. The maximum Gasteiger partial charge on any atom is 0.330 e. The van der Waals surface area contributed by atoms with Crippen LogP contribution in [0.25, 0.3) is 10.8 Å². The number of H-pyrrole nitrogens is 1. The number of rotatable bonds is 11. The molecule has 1 fully saturated rings. The van der Waals surface area contributed by atoms with E-state index in [1.807, 2.05) is 29.2 Å². The molecule has 1 unspecified atom stereocenters. The molecule has 2 heterocycles. The molecular formula is C26H30F2N3O9PS. The second-order valence-electron chi connectivity index (χ2n) is 9.92. The molecule has 0 bridgehead atoms. The lowest BCUT2D eigenvalue weighted by molar-refractivity contribution is -0.192. The van der Waals surface area contributed by atoms with Gasteiger partial charge in [0.2, 0.25) is 0 Å². The van der Waals surface area contributed by atoms with Crippen molar-refractivity contribution in [2.75, 3.05) is 6.61 Å². The number of nitrogens with one attached hydrogen (secondary N) is 2. The van der Waals surface area contributed by atoms with Crippen LogP contribution < -0.4 is 20.9 Å². The van der Waals surface area contributed by atoms with Gasteiger partial charge in [0.25, 0.3) is 12.0 Å². The van der Waals surface area contributed by atoms with Crippen LogP contribution in [0.4, 0.5) is 8.78 Å². The van der Waals surface area contributed by atoms with Gasteiger partial charge in [-0.1, -0.05) is 30.3 Å². The van der Waals surface area contributed by atoms with E-state index < -0.39 is 73.1 Å². The van der Waals surface area contributed by atoms with Crippen molar-refractivity contribution in [3.63, 3.8) is 0 Å². The summed E-state index contributed by atoms with van der Waals surface area (Å²) in [6.07, 6.45) is -9.10. The molecule has 3 aromatic rings. The molecule has 2 aromatic carbocycles. The molecule has 1 aliphatic rings. The van der Waals surface area contributed by atoms with Crippen LogP contribution in [0.5, 0.6) is 5.75 Å². The first-order valence-corrected chi connectivity index (χ1v) is 15.4. The Morgan fingerprint density at radius 2 is 1.86 bits per heavy atom. The van der Waals surface area contributed by atoms with Crippen molar-refractivity contribution in [1.29, 1.82) is 0 Å². The van der Waals surface area contributed by atoms with Crippen LogP contribution in [0.15, 0.2) is 64.3 Å². The number of ether oxygens (including phenoxy) is 2. The summed E-state index contributed by atoms with van der Waals surface area (Å²) >= 11 is 5.62. The molecule has 4 N–H and O–H groups in total. The number of esters is 1. The fourth-order valence-corrected chi connectivity index (χ4v) is 6.70. The van der Waals surface area contributed by atoms with Gasteiger partial charge in [0.05, 0.1) is 12.7 Å². The van der Waals surface area contributed by atoms with E-state index in [1.54, 1.807) is 32.0 Å². The maximum atomic E-state index is 14.6. The summed E-state index contributed by atoms with van der Waals surface area (Å²) < 4.78 is 52.2. The number of halogens is 2. The molecule has 0 radical (unpaired) electrons. The molecule has 4 rings (SSSR count). The Balaban J connectivity index is 1.65. The van der Waals surface area contributed by atoms with Crippen LogP contribution in [0.3, 0.4) is 0 Å². The highest BCUT2D eigenvalue weighted by atomic mass is 32.5. The molecular weight excluding hydrogens is 599 g/mol. The van der Waals surface area contributed by atoms with Gasteiger partial charge in [-0.25, -0.2) is 18.7 Å². The highest BCUT2D eigenvalue weighted by molar-refractivity contribution is 8.09. The predicted octanol–water partition coefficient (Wildman–Crippen LogP) is 2.19. The molecule has 16 heteroatoms. The van der Waals surface area contributed by atoms with Gasteiger partial charge in [-0.3, -0.25) is 19.1 Å². The SMILES string of the molecule is CC(C)OC(=O)[C@H](C)NP(=S)(OC[C@@]1(C(F)F)O[C@@H](n2ccc(=O)[nH]c2=O)[C@@H](O)[C@@H]1O)Oc1ccc2ccccc2c1. The van der Waals surface area contributed by atoms with Crippen molar-refractivity contribution < 1.29 is 42.3 Å². The molecule has 0 spiro atoms. The van der Waals surface area contributed by atoms with Crippen molar-refractivity contribution >= 4 is 35.2 Å². The summed E-state index contributed by atoms with van der Waals surface area (Å²) in [5.74, 6) is -0.510. The number of hydrogen-bond donors (Lipinski definition) is 4. The molecule has 42 heavy (non-hydrogen) atoms. The van der Waals surface area contributed by atoms with E-state index >= 15 is 0 Å². The third kappa shape index (κ3) is 6.78. The molecule has 6 atom stereocenters. The fraction of sp³-hybridized carbons (Fsp3) is 0.423. The summed E-state index contributed by atoms with van der Waals surface area (Å²) in [5, 5.41) is 25.8. The molecule has 1 aromatic heterocycles. The van der Waals surface area contributed by atoms with Crippen molar-refractivity contribution in [2.45, 2.75) is 63.4 Å². The van der Waals surface area contributed by atoms with Crippen molar-refractivity contribution in [3.05, 3.63) is 75.6 Å². The Bertz CT molecular complexity index is 1600. The van der Waals surface area contributed by atoms with Crippen molar-refractivity contribution in [1.82, 2.24) is 14.6 Å². The van der Waals surface area contributed by atoms with E-state index in [1.165, 1.54) is 6.92 Å². The molecule has 0 amide bonds. The number of carbonyl (C=O) groups is 1. The summed E-state index contributed by atoms with van der Waals surface area (Å²) in [6.45, 7) is -0.319. The number of alkyl halides is 2. The number of aliphatic hydroxyl groups is 2. The van der Waals surface area contributed by atoms with Crippen LogP contribution in [0.2, 0.25) is 0 Å². The Morgan fingerprint density at radius 1 is 1.17 bits per heavy atom. The summed E-state index contributed by atoms with van der Waals surface area (Å²) in [4.78, 5) is 38.2. The number of aromatic amines is 1. The number of aromatic nitrogens is 2. The predicted molar refractivity (Wildman–Crippen MR) is 151 cm³/mol. The fourth-order valence-electron chi connectivity index (χ4n) is 4.28. The summed E-state index contributed by atoms with van der Waals surface area (Å²) in [5.41, 5.74) is -4.72. The minimum absolute atomic E-state index is 0.200. The molecule has 1 saturated heterocycles. The second-order valence-corrected chi connectivity index (χ2v) is 13.1. The molecule has 228 valence electrons. The molecule has 12 nitrogen and oxygen atoms in total. The van der Waals surface area contributed by atoms with E-state index in [0.717, 1.165) is 23.0 Å². The zero-order valence-corrected chi connectivity index (χ0v) is 24.4. The first kappa shape index (κ1) is 31.9. The van der Waals surface area contributed by atoms with Crippen LogP contribution in [0.1, 0.15) is 27.0 Å². The highest BCUT2D eigenvalue weighted by Crippen LogP contribution is 2.49. The van der Waals surface area contributed by atoms with E-state index in [4.69, 9.17) is 30.3 Å². The number of fused-ring (bicyclic) bond motifs is 1. The lowest BCUT2D eigenvalue weighted by Crippen LogP contribution is -2.53. The van der Waals surface area contributed by atoms with Gasteiger partial charge in [-0.05, 0) is 55.5 Å². The Hall–Kier alpha value is -3.04. The summed E-state index contributed by atoms with van der Waals surface area (Å²) in [6, 6.07) is 12.1. The van der Waals surface area contributed by atoms with Gasteiger partial charge in [0.15, 0.2) is 11.8 Å². The van der Waals surface area contributed by atoms with E-state index in [2.05, 4.69) is 5.09 Å². The lowest BCUT2D eigenvalue weighted by Gasteiger charge is -2.34. The minimum Gasteiger partial charge on any atom is -0.462 e. The van der Waals surface area contributed by atoms with E-state index in [0.29, 0.717) is 4.57 Å². The van der Waals surface area contributed by atoms with E-state index in [-0.39, 0.29) is 5.75 Å². The minimum atomic E-state index is -3.90. The van der Waals surface area contributed by atoms with Gasteiger partial charge in [-0.15, -0.1) is 0 Å². The average Bonchev–Trinajstić information content (AvgIpc) is 3.17. The van der Waals surface area contributed by atoms with Crippen molar-refractivity contribution in [2.24, 2.45) is 0 Å². The van der Waals surface area contributed by atoms with Gasteiger partial charge >= 0.3 is 18.3 Å². The lowest BCUT2D eigenvalue weighted by atomic mass is 9.96. The zero-order valence-electron chi connectivity index (χ0n) is 22.7. The van der Waals surface area contributed by atoms with Crippen LogP contribution >= 0.6 is 6.64 Å². The van der Waals surface area contributed by atoms with Crippen LogP contribution in [0, 0.1) is 0 Å². The number of nitrogens with zero attached hydrogens (tertiary/aromatic N) is 1. The van der Waals surface area contributed by atoms with Crippen LogP contribution in [-0.4, -0.2) is 68.7 Å². The Kier molecular flexibility index (Phi) is 9.62. The maximum absolute atomic E-state index is 14.6. The van der Waals surface area contributed by atoms with Gasteiger partial charge < -0.3 is 28.7 Å². The molecule has 1 aliphatic heterocycles. The first-order valence-electron chi connectivity index (χ1n) is 12.8. The third-order valence-electron chi connectivity index (χ3n) is 6.41. The van der Waals surface area contributed by atoms with Gasteiger partial charge in [0.1, 0.15) is 24.0 Å². The molecule has 0 saturated carbocycles. The smallest absolute Gasteiger partial charge is 0.330 e. The standard InChI is InChI=1S/C26H30F2N3O9PS/c1-14(2)38-23(35)15(3)30-41(42,40-18-9-8-16-6-4-5-7-17(16)12-18)37-13-26(24(27)28)21(34)20(33)22(39-26)31-11-10-19(32)29-25(31)36/h4-12,14-15,20-22,24,33-34H,13H2,1-3H3,(H,30,42)(H,29,32,36)/t15-,20-,21-,22+,26+,41?/m0/s1. The third-order valence-corrected chi connectivity index (χ3v) is 8.89. The van der Waals surface area contributed by atoms with Gasteiger partial charge in [-0.2, -0.15) is 0 Å². The highest BCUT2D eigenvalue weighted by Gasteiger charge is 2.61. The number of hydrogen-bond acceptors (Lipinski definition) is 10. The second kappa shape index (κ2) is 12.7. The quantitative estimate of drug-likeness (QED) is 0.182. The van der Waals surface area contributed by atoms with E-state index in [9.17, 15) is 33.4 Å². The first-order chi connectivity index (χ1) is 19.7.